The number of hydrogen-bond donors (Lipinski definition) is 1. The SMILES string of the molecule is CC1=CC(C)=N/C1=C1/C(=O)C=C1O. The fourth-order valence-electron chi connectivity index (χ4n) is 1.49. The average Bonchev–Trinajstić information content (AvgIpc) is 2.30. The van der Waals surface area contributed by atoms with Crippen LogP contribution in [0.5, 0.6) is 0 Å². The van der Waals surface area contributed by atoms with Gasteiger partial charge < -0.3 is 5.11 Å². The molecular weight excluding hydrogens is 166 g/mol. The number of aliphatic hydroxyl groups is 1. The number of carbonyl (C=O) groups excluding carboxylic acids is 1. The van der Waals surface area contributed by atoms with Crippen LogP contribution in [0.2, 0.25) is 0 Å². The van der Waals surface area contributed by atoms with E-state index in [4.69, 9.17) is 0 Å². The molecule has 2 rings (SSSR count). The number of aliphatic imine (C=N–C) groups is 1. The largest absolute Gasteiger partial charge is 0.507 e. The van der Waals surface area contributed by atoms with Gasteiger partial charge in [0.1, 0.15) is 5.76 Å². The summed E-state index contributed by atoms with van der Waals surface area (Å²) in [5.74, 6) is -0.0927. The second-order valence-corrected chi connectivity index (χ2v) is 3.20. The van der Waals surface area contributed by atoms with Crippen molar-refractivity contribution in [2.24, 2.45) is 4.99 Å². The van der Waals surface area contributed by atoms with Gasteiger partial charge in [0.05, 0.1) is 11.3 Å². The highest BCUT2D eigenvalue weighted by molar-refractivity contribution is 6.16. The van der Waals surface area contributed by atoms with Crippen LogP contribution in [0.1, 0.15) is 13.8 Å². The average molecular weight is 175 g/mol. The Balaban J connectivity index is 2.55. The van der Waals surface area contributed by atoms with Crippen LogP contribution in [0.25, 0.3) is 0 Å². The lowest BCUT2D eigenvalue weighted by Gasteiger charge is -2.13. The first kappa shape index (κ1) is 7.98. The van der Waals surface area contributed by atoms with Crippen molar-refractivity contribution in [3.8, 4) is 0 Å². The molecule has 0 saturated heterocycles. The van der Waals surface area contributed by atoms with Gasteiger partial charge >= 0.3 is 0 Å². The molecule has 2 aliphatic rings. The number of carbonyl (C=O) groups is 1. The third-order valence-corrected chi connectivity index (χ3v) is 2.09. The number of aliphatic hydroxyl groups excluding tert-OH is 1. The third-order valence-electron chi connectivity index (χ3n) is 2.09. The van der Waals surface area contributed by atoms with E-state index in [0.717, 1.165) is 11.3 Å². The number of allylic oxidation sites excluding steroid dienone is 4. The van der Waals surface area contributed by atoms with E-state index in [0.29, 0.717) is 11.3 Å². The minimum atomic E-state index is -0.140. The summed E-state index contributed by atoms with van der Waals surface area (Å²) in [4.78, 5) is 15.3. The molecule has 1 heterocycles. The summed E-state index contributed by atoms with van der Waals surface area (Å²) in [6, 6.07) is 0. The molecule has 0 aromatic rings. The van der Waals surface area contributed by atoms with Crippen molar-refractivity contribution < 1.29 is 9.90 Å². The number of hydrogen-bond acceptors (Lipinski definition) is 3. The molecule has 0 radical (unpaired) electrons. The Labute approximate surface area is 75.8 Å². The molecule has 0 bridgehead atoms. The topological polar surface area (TPSA) is 49.7 Å². The number of ketones is 1. The predicted octanol–water partition coefficient (Wildman–Crippen LogP) is 1.69. The molecule has 3 heteroatoms. The summed E-state index contributed by atoms with van der Waals surface area (Å²) in [5, 5.41) is 9.23. The van der Waals surface area contributed by atoms with Crippen LogP contribution in [0.4, 0.5) is 0 Å². The van der Waals surface area contributed by atoms with E-state index >= 15 is 0 Å². The standard InChI is InChI=1S/C10H9NO2/c1-5-3-6(2)11-10(5)9-7(12)4-8(9)13/h3-4,12H,1-2H3/b10-9+. The van der Waals surface area contributed by atoms with E-state index in [1.54, 1.807) is 0 Å². The normalized spacial score (nSPS) is 26.6. The zero-order valence-corrected chi connectivity index (χ0v) is 7.46. The van der Waals surface area contributed by atoms with E-state index in [-0.39, 0.29) is 11.5 Å². The van der Waals surface area contributed by atoms with Crippen LogP contribution >= 0.6 is 0 Å². The van der Waals surface area contributed by atoms with Crippen LogP contribution in [-0.2, 0) is 4.79 Å². The van der Waals surface area contributed by atoms with Crippen LogP contribution < -0.4 is 0 Å². The first-order chi connectivity index (χ1) is 6.09. The van der Waals surface area contributed by atoms with E-state index in [1.807, 2.05) is 19.9 Å². The molecule has 66 valence electrons. The van der Waals surface area contributed by atoms with Crippen LogP contribution in [0.3, 0.4) is 0 Å². The summed E-state index contributed by atoms with van der Waals surface area (Å²) in [6.07, 6.45) is 3.10. The predicted molar refractivity (Wildman–Crippen MR) is 49.6 cm³/mol. The lowest BCUT2D eigenvalue weighted by molar-refractivity contribution is -0.112. The molecule has 0 fully saturated rings. The Hall–Kier alpha value is -1.64. The first-order valence-electron chi connectivity index (χ1n) is 4.03. The smallest absolute Gasteiger partial charge is 0.195 e. The maximum atomic E-state index is 11.1. The molecule has 0 saturated carbocycles. The zero-order chi connectivity index (χ0) is 9.59. The van der Waals surface area contributed by atoms with Gasteiger partial charge in [0.15, 0.2) is 5.78 Å². The van der Waals surface area contributed by atoms with Crippen molar-refractivity contribution in [2.75, 3.05) is 0 Å². The maximum Gasteiger partial charge on any atom is 0.195 e. The van der Waals surface area contributed by atoms with E-state index in [2.05, 4.69) is 4.99 Å². The van der Waals surface area contributed by atoms with Gasteiger partial charge in [0.2, 0.25) is 0 Å². The Bertz CT molecular complexity index is 422. The Morgan fingerprint density at radius 1 is 1.31 bits per heavy atom. The van der Waals surface area contributed by atoms with Gasteiger partial charge in [-0.3, -0.25) is 9.79 Å². The molecule has 0 aromatic carbocycles. The quantitative estimate of drug-likeness (QED) is 0.569. The highest BCUT2D eigenvalue weighted by Crippen LogP contribution is 2.30. The molecule has 13 heavy (non-hydrogen) atoms. The molecule has 1 aliphatic heterocycles. The summed E-state index contributed by atoms with van der Waals surface area (Å²) in [5.41, 5.74) is 2.76. The van der Waals surface area contributed by atoms with Crippen LogP contribution in [0, 0.1) is 0 Å². The van der Waals surface area contributed by atoms with Gasteiger partial charge in [-0.05, 0) is 25.5 Å². The lowest BCUT2D eigenvalue weighted by atomic mass is 9.94. The van der Waals surface area contributed by atoms with Crippen molar-refractivity contribution >= 4 is 11.5 Å². The number of rotatable bonds is 0. The van der Waals surface area contributed by atoms with Gasteiger partial charge in [0.25, 0.3) is 0 Å². The third kappa shape index (κ3) is 1.04. The fraction of sp³-hybridized carbons (Fsp3) is 0.200. The fourth-order valence-corrected chi connectivity index (χ4v) is 1.49. The van der Waals surface area contributed by atoms with Gasteiger partial charge in [-0.15, -0.1) is 0 Å². The Kier molecular flexibility index (Phi) is 1.49. The van der Waals surface area contributed by atoms with E-state index in [1.165, 1.54) is 6.08 Å². The zero-order valence-electron chi connectivity index (χ0n) is 7.46. The Morgan fingerprint density at radius 2 is 2.00 bits per heavy atom. The molecular formula is C10H9NO2. The van der Waals surface area contributed by atoms with Crippen molar-refractivity contribution in [1.29, 1.82) is 0 Å². The summed E-state index contributed by atoms with van der Waals surface area (Å²) in [6.45, 7) is 3.74. The summed E-state index contributed by atoms with van der Waals surface area (Å²) >= 11 is 0. The molecule has 0 amide bonds. The van der Waals surface area contributed by atoms with Gasteiger partial charge in [-0.1, -0.05) is 0 Å². The maximum absolute atomic E-state index is 11.1. The van der Waals surface area contributed by atoms with E-state index in [9.17, 15) is 9.90 Å². The molecule has 1 N–H and O–H groups in total. The van der Waals surface area contributed by atoms with Crippen molar-refractivity contribution in [2.45, 2.75) is 13.8 Å². The second kappa shape index (κ2) is 2.42. The Morgan fingerprint density at radius 3 is 2.38 bits per heavy atom. The molecule has 3 nitrogen and oxygen atoms in total. The lowest BCUT2D eigenvalue weighted by Crippen LogP contribution is -2.15. The molecule has 0 unspecified atom stereocenters. The number of nitrogens with zero attached hydrogens (tertiary/aromatic N) is 1. The highest BCUT2D eigenvalue weighted by Gasteiger charge is 2.28. The molecule has 0 aromatic heterocycles. The summed E-state index contributed by atoms with van der Waals surface area (Å²) in [7, 11) is 0. The minimum Gasteiger partial charge on any atom is -0.507 e. The van der Waals surface area contributed by atoms with E-state index < -0.39 is 0 Å². The van der Waals surface area contributed by atoms with Crippen LogP contribution in [0.15, 0.2) is 39.7 Å². The van der Waals surface area contributed by atoms with Crippen molar-refractivity contribution in [1.82, 2.24) is 0 Å². The highest BCUT2D eigenvalue weighted by atomic mass is 16.3. The molecule has 1 aliphatic carbocycles. The second-order valence-electron chi connectivity index (χ2n) is 3.20. The molecule has 0 atom stereocenters. The minimum absolute atomic E-state index is 0.0474. The van der Waals surface area contributed by atoms with Gasteiger partial charge in [0, 0.05) is 11.8 Å². The van der Waals surface area contributed by atoms with Crippen LogP contribution in [-0.4, -0.2) is 16.6 Å². The molecule has 0 spiro atoms. The van der Waals surface area contributed by atoms with Crippen molar-refractivity contribution in [3.05, 3.63) is 34.8 Å². The van der Waals surface area contributed by atoms with Gasteiger partial charge in [-0.2, -0.15) is 0 Å². The first-order valence-corrected chi connectivity index (χ1v) is 4.03. The van der Waals surface area contributed by atoms with Gasteiger partial charge in [-0.25, -0.2) is 0 Å². The van der Waals surface area contributed by atoms with Crippen molar-refractivity contribution in [3.63, 3.8) is 0 Å². The summed E-state index contributed by atoms with van der Waals surface area (Å²) < 4.78 is 0. The monoisotopic (exact) mass is 175 g/mol.